The molecule has 0 atom stereocenters. The normalized spacial score (nSPS) is 14.2. The molecule has 1 amide bonds. The first-order valence-corrected chi connectivity index (χ1v) is 6.00. The van der Waals surface area contributed by atoms with Gasteiger partial charge in [0.05, 0.1) is 5.69 Å². The summed E-state index contributed by atoms with van der Waals surface area (Å²) >= 11 is 0. The number of ether oxygens (including phenoxy) is 1. The average Bonchev–Trinajstić information content (AvgIpc) is 2.68. The molecule has 1 aromatic rings. The first-order valence-electron chi connectivity index (χ1n) is 6.00. The van der Waals surface area contributed by atoms with Gasteiger partial charge in [-0.05, 0) is 38.8 Å². The quantitative estimate of drug-likeness (QED) is 0.840. The summed E-state index contributed by atoms with van der Waals surface area (Å²) in [7, 11) is 0. The highest BCUT2D eigenvalue weighted by molar-refractivity contribution is 5.93. The molecule has 0 aromatic carbocycles. The van der Waals surface area contributed by atoms with Crippen LogP contribution in [0.25, 0.3) is 0 Å². The van der Waals surface area contributed by atoms with Crippen molar-refractivity contribution in [3.63, 3.8) is 0 Å². The Morgan fingerprint density at radius 3 is 2.68 bits per heavy atom. The number of hydrogen-bond acceptors (Lipinski definition) is 4. The van der Waals surface area contributed by atoms with Crippen LogP contribution in [0.5, 0.6) is 0 Å². The molecule has 0 spiro atoms. The Balaban J connectivity index is 2.28. The molecule has 1 aliphatic heterocycles. The van der Waals surface area contributed by atoms with Crippen molar-refractivity contribution in [2.24, 2.45) is 0 Å². The number of carbonyl (C=O) groups is 2. The lowest BCUT2D eigenvalue weighted by atomic mass is 10.2. The second-order valence-corrected chi connectivity index (χ2v) is 5.39. The van der Waals surface area contributed by atoms with Crippen LogP contribution in [0.1, 0.15) is 36.8 Å². The van der Waals surface area contributed by atoms with Gasteiger partial charge in [0, 0.05) is 12.7 Å². The predicted molar refractivity (Wildman–Crippen MR) is 68.5 cm³/mol. The number of fused-ring (bicyclic) bond motifs is 1. The summed E-state index contributed by atoms with van der Waals surface area (Å²) in [5.74, 6) is -1.11. The van der Waals surface area contributed by atoms with E-state index in [2.05, 4.69) is 4.98 Å². The number of aromatic nitrogens is 1. The zero-order valence-electron chi connectivity index (χ0n) is 11.1. The van der Waals surface area contributed by atoms with Crippen molar-refractivity contribution in [1.29, 1.82) is 0 Å². The minimum Gasteiger partial charge on any atom is -0.477 e. The third-order valence-corrected chi connectivity index (χ3v) is 2.69. The van der Waals surface area contributed by atoms with E-state index in [4.69, 9.17) is 9.84 Å². The number of anilines is 1. The largest absolute Gasteiger partial charge is 0.477 e. The molecule has 0 radical (unpaired) electrons. The molecule has 2 rings (SSSR count). The molecule has 0 saturated carbocycles. The molecule has 1 aliphatic rings. The Morgan fingerprint density at radius 2 is 2.11 bits per heavy atom. The molecule has 102 valence electrons. The van der Waals surface area contributed by atoms with E-state index in [-0.39, 0.29) is 5.69 Å². The first-order chi connectivity index (χ1) is 8.78. The Kier molecular flexibility index (Phi) is 3.18. The lowest BCUT2D eigenvalue weighted by Gasteiger charge is -2.24. The Labute approximate surface area is 111 Å². The Bertz CT molecular complexity index is 534. The SMILES string of the molecule is CC(C)(C)OC(=O)N1CCc2cnc(C(=O)O)cc21. The van der Waals surface area contributed by atoms with Gasteiger partial charge in [-0.2, -0.15) is 0 Å². The standard InChI is InChI=1S/C13H16N2O4/c1-13(2,3)19-12(18)15-5-4-8-7-14-9(11(16)17)6-10(8)15/h6-7H,4-5H2,1-3H3,(H,16,17). The van der Waals surface area contributed by atoms with Crippen LogP contribution in [0.4, 0.5) is 10.5 Å². The summed E-state index contributed by atoms with van der Waals surface area (Å²) in [4.78, 5) is 28.2. The number of carbonyl (C=O) groups excluding carboxylic acids is 1. The van der Waals surface area contributed by atoms with Gasteiger partial charge in [0.2, 0.25) is 0 Å². The molecule has 0 fully saturated rings. The zero-order valence-corrected chi connectivity index (χ0v) is 11.1. The van der Waals surface area contributed by atoms with Crippen LogP contribution in [0, 0.1) is 0 Å². The van der Waals surface area contributed by atoms with E-state index < -0.39 is 17.7 Å². The Hall–Kier alpha value is -2.11. The molecule has 1 N–H and O–H groups in total. The van der Waals surface area contributed by atoms with Gasteiger partial charge in [0.15, 0.2) is 0 Å². The summed E-state index contributed by atoms with van der Waals surface area (Å²) in [5.41, 5.74) is 0.773. The fraction of sp³-hybridized carbons (Fsp3) is 0.462. The van der Waals surface area contributed by atoms with E-state index in [1.165, 1.54) is 17.2 Å². The van der Waals surface area contributed by atoms with Crippen molar-refractivity contribution >= 4 is 17.7 Å². The molecule has 0 saturated heterocycles. The molecule has 0 bridgehead atoms. The van der Waals surface area contributed by atoms with Crippen LogP contribution in [0.2, 0.25) is 0 Å². The second kappa shape index (κ2) is 4.53. The van der Waals surface area contributed by atoms with Crippen LogP contribution >= 0.6 is 0 Å². The highest BCUT2D eigenvalue weighted by Gasteiger charge is 2.29. The molecule has 2 heterocycles. The van der Waals surface area contributed by atoms with Gasteiger partial charge in [0.1, 0.15) is 11.3 Å². The summed E-state index contributed by atoms with van der Waals surface area (Å²) in [6.45, 7) is 5.85. The molecule has 6 nitrogen and oxygen atoms in total. The van der Waals surface area contributed by atoms with Crippen LogP contribution in [-0.4, -0.2) is 34.3 Å². The number of carboxylic acid groups (broad SMARTS) is 1. The van der Waals surface area contributed by atoms with E-state index in [0.717, 1.165) is 5.56 Å². The highest BCUT2D eigenvalue weighted by Crippen LogP contribution is 2.29. The van der Waals surface area contributed by atoms with E-state index in [9.17, 15) is 9.59 Å². The highest BCUT2D eigenvalue weighted by atomic mass is 16.6. The number of carboxylic acids is 1. The molecule has 0 unspecified atom stereocenters. The van der Waals surface area contributed by atoms with Crippen LogP contribution in [0.3, 0.4) is 0 Å². The average molecular weight is 264 g/mol. The summed E-state index contributed by atoms with van der Waals surface area (Å²) in [5, 5.41) is 8.93. The topological polar surface area (TPSA) is 79.7 Å². The van der Waals surface area contributed by atoms with Gasteiger partial charge in [0.25, 0.3) is 0 Å². The van der Waals surface area contributed by atoms with E-state index in [0.29, 0.717) is 18.7 Å². The minimum absolute atomic E-state index is 0.0748. The third kappa shape index (κ3) is 2.83. The second-order valence-electron chi connectivity index (χ2n) is 5.39. The molecule has 6 heteroatoms. The number of amides is 1. The number of nitrogens with zero attached hydrogens (tertiary/aromatic N) is 2. The third-order valence-electron chi connectivity index (χ3n) is 2.69. The maximum absolute atomic E-state index is 12.0. The number of hydrogen-bond donors (Lipinski definition) is 1. The van der Waals surface area contributed by atoms with Crippen molar-refractivity contribution in [2.45, 2.75) is 32.8 Å². The monoisotopic (exact) mass is 264 g/mol. The molecule has 0 aliphatic carbocycles. The van der Waals surface area contributed by atoms with Gasteiger partial charge < -0.3 is 9.84 Å². The van der Waals surface area contributed by atoms with Crippen LogP contribution in [0.15, 0.2) is 12.3 Å². The van der Waals surface area contributed by atoms with E-state index >= 15 is 0 Å². The zero-order chi connectivity index (χ0) is 14.2. The van der Waals surface area contributed by atoms with Gasteiger partial charge in [-0.1, -0.05) is 0 Å². The maximum atomic E-state index is 12.0. The van der Waals surface area contributed by atoms with Crippen molar-refractivity contribution in [2.75, 3.05) is 11.4 Å². The van der Waals surface area contributed by atoms with Crippen molar-refractivity contribution < 1.29 is 19.4 Å². The summed E-state index contributed by atoms with van der Waals surface area (Å²) in [6.07, 6.45) is 1.69. The lowest BCUT2D eigenvalue weighted by Crippen LogP contribution is -2.35. The molecule has 19 heavy (non-hydrogen) atoms. The van der Waals surface area contributed by atoms with Crippen LogP contribution in [-0.2, 0) is 11.2 Å². The van der Waals surface area contributed by atoms with E-state index in [1.54, 1.807) is 20.8 Å². The van der Waals surface area contributed by atoms with Crippen molar-refractivity contribution in [1.82, 2.24) is 4.98 Å². The predicted octanol–water partition coefficient (Wildman–Crippen LogP) is 2.08. The van der Waals surface area contributed by atoms with E-state index in [1.807, 2.05) is 0 Å². The number of rotatable bonds is 1. The fourth-order valence-corrected chi connectivity index (χ4v) is 1.89. The first kappa shape index (κ1) is 13.3. The van der Waals surface area contributed by atoms with Gasteiger partial charge in [-0.15, -0.1) is 0 Å². The van der Waals surface area contributed by atoms with Crippen molar-refractivity contribution in [3.8, 4) is 0 Å². The summed E-state index contributed by atoms with van der Waals surface area (Å²) < 4.78 is 5.30. The molecule has 1 aromatic heterocycles. The number of pyridine rings is 1. The maximum Gasteiger partial charge on any atom is 0.414 e. The minimum atomic E-state index is -1.11. The van der Waals surface area contributed by atoms with Gasteiger partial charge >= 0.3 is 12.1 Å². The summed E-state index contributed by atoms with van der Waals surface area (Å²) in [6, 6.07) is 1.41. The lowest BCUT2D eigenvalue weighted by molar-refractivity contribution is 0.0582. The Morgan fingerprint density at radius 1 is 1.42 bits per heavy atom. The van der Waals surface area contributed by atoms with Gasteiger partial charge in [-0.25, -0.2) is 14.6 Å². The van der Waals surface area contributed by atoms with Crippen molar-refractivity contribution in [3.05, 3.63) is 23.5 Å². The molecular weight excluding hydrogens is 248 g/mol. The fourth-order valence-electron chi connectivity index (χ4n) is 1.89. The number of aromatic carboxylic acids is 1. The van der Waals surface area contributed by atoms with Gasteiger partial charge in [-0.3, -0.25) is 4.90 Å². The van der Waals surface area contributed by atoms with Crippen LogP contribution < -0.4 is 4.90 Å². The molecular formula is C13H16N2O4. The smallest absolute Gasteiger partial charge is 0.414 e.